The van der Waals surface area contributed by atoms with E-state index in [1.165, 1.54) is 6.33 Å². The first kappa shape index (κ1) is 8.62. The first-order valence-electron chi connectivity index (χ1n) is 4.33. The van der Waals surface area contributed by atoms with Crippen LogP contribution in [0.3, 0.4) is 0 Å². The van der Waals surface area contributed by atoms with Crippen LogP contribution in [0.25, 0.3) is 0 Å². The summed E-state index contributed by atoms with van der Waals surface area (Å²) in [5.74, 6) is 0. The van der Waals surface area contributed by atoms with Gasteiger partial charge in [0.25, 0.3) is 0 Å². The number of nitrogens with zero attached hydrogens (tertiary/aromatic N) is 3. The molecule has 0 unspecified atom stereocenters. The van der Waals surface area contributed by atoms with Crippen molar-refractivity contribution in [3.05, 3.63) is 48.8 Å². The van der Waals surface area contributed by atoms with Gasteiger partial charge in [0.05, 0.1) is 5.69 Å². The fourth-order valence-electron chi connectivity index (χ4n) is 1.09. The van der Waals surface area contributed by atoms with Gasteiger partial charge >= 0.3 is 0 Å². The fourth-order valence-corrected chi connectivity index (χ4v) is 1.09. The van der Waals surface area contributed by atoms with Crippen LogP contribution in [-0.2, 0) is 6.54 Å². The average molecular weight is 186 g/mol. The van der Waals surface area contributed by atoms with E-state index < -0.39 is 0 Å². The van der Waals surface area contributed by atoms with Gasteiger partial charge in [0.1, 0.15) is 6.33 Å². The molecule has 0 aliphatic heterocycles. The molecule has 4 nitrogen and oxygen atoms in total. The van der Waals surface area contributed by atoms with Crippen LogP contribution in [0.2, 0.25) is 0 Å². The molecular weight excluding hydrogens is 176 g/mol. The van der Waals surface area contributed by atoms with Crippen molar-refractivity contribution in [2.75, 3.05) is 5.32 Å². The predicted molar refractivity (Wildman–Crippen MR) is 53.6 cm³/mol. The molecule has 1 N–H and O–H groups in total. The van der Waals surface area contributed by atoms with Gasteiger partial charge in [-0.1, -0.05) is 0 Å². The summed E-state index contributed by atoms with van der Waals surface area (Å²) in [5, 5.41) is 3.22. The SMILES string of the molecule is c1cncc(NCc2cncnc2)c1. The summed E-state index contributed by atoms with van der Waals surface area (Å²) in [5.41, 5.74) is 2.05. The molecule has 0 amide bonds. The lowest BCUT2D eigenvalue weighted by Crippen LogP contribution is -2.00. The van der Waals surface area contributed by atoms with Gasteiger partial charge in [0, 0.05) is 36.9 Å². The molecule has 70 valence electrons. The van der Waals surface area contributed by atoms with Crippen LogP contribution in [0.4, 0.5) is 5.69 Å². The maximum atomic E-state index is 4.00. The first-order valence-corrected chi connectivity index (χ1v) is 4.33. The number of hydrogen-bond donors (Lipinski definition) is 1. The van der Waals surface area contributed by atoms with Gasteiger partial charge in [-0.2, -0.15) is 0 Å². The van der Waals surface area contributed by atoms with E-state index in [2.05, 4.69) is 20.3 Å². The van der Waals surface area contributed by atoms with E-state index in [9.17, 15) is 0 Å². The highest BCUT2D eigenvalue weighted by Gasteiger charge is 1.92. The smallest absolute Gasteiger partial charge is 0.115 e. The van der Waals surface area contributed by atoms with Crippen molar-refractivity contribution >= 4 is 5.69 Å². The molecule has 0 saturated carbocycles. The van der Waals surface area contributed by atoms with Crippen molar-refractivity contribution in [3.63, 3.8) is 0 Å². The van der Waals surface area contributed by atoms with Crippen LogP contribution in [0.15, 0.2) is 43.2 Å². The molecular formula is C10H10N4. The van der Waals surface area contributed by atoms with Crippen LogP contribution in [-0.4, -0.2) is 15.0 Å². The molecule has 2 aromatic rings. The highest BCUT2D eigenvalue weighted by Crippen LogP contribution is 2.04. The third-order valence-electron chi connectivity index (χ3n) is 1.77. The fraction of sp³-hybridized carbons (Fsp3) is 0.100. The Morgan fingerprint density at radius 2 is 1.93 bits per heavy atom. The van der Waals surface area contributed by atoms with Gasteiger partial charge in [-0.05, 0) is 12.1 Å². The maximum Gasteiger partial charge on any atom is 0.115 e. The molecule has 2 aromatic heterocycles. The minimum absolute atomic E-state index is 0.715. The Balaban J connectivity index is 1.96. The number of pyridine rings is 1. The lowest BCUT2D eigenvalue weighted by molar-refractivity contribution is 1.05. The zero-order valence-corrected chi connectivity index (χ0v) is 7.59. The normalized spacial score (nSPS) is 9.71. The molecule has 4 heteroatoms. The van der Waals surface area contributed by atoms with Crippen LogP contribution < -0.4 is 5.32 Å². The molecule has 0 radical (unpaired) electrons. The monoisotopic (exact) mass is 186 g/mol. The van der Waals surface area contributed by atoms with E-state index in [0.717, 1.165) is 11.3 Å². The van der Waals surface area contributed by atoms with Crippen LogP contribution >= 0.6 is 0 Å². The summed E-state index contributed by atoms with van der Waals surface area (Å²) in [6.45, 7) is 0.715. The van der Waals surface area contributed by atoms with E-state index in [-0.39, 0.29) is 0 Å². The minimum Gasteiger partial charge on any atom is -0.380 e. The Hall–Kier alpha value is -1.97. The van der Waals surface area contributed by atoms with E-state index in [4.69, 9.17) is 0 Å². The van der Waals surface area contributed by atoms with Crippen LogP contribution in [0.1, 0.15) is 5.56 Å². The second-order valence-corrected chi connectivity index (χ2v) is 2.84. The molecule has 14 heavy (non-hydrogen) atoms. The molecule has 0 aliphatic rings. The van der Waals surface area contributed by atoms with Gasteiger partial charge in [-0.25, -0.2) is 9.97 Å². The molecule has 2 heterocycles. The number of aromatic nitrogens is 3. The third kappa shape index (κ3) is 2.26. The highest BCUT2D eigenvalue weighted by atomic mass is 14.9. The lowest BCUT2D eigenvalue weighted by Gasteiger charge is -2.03. The highest BCUT2D eigenvalue weighted by molar-refractivity contribution is 5.40. The summed E-state index contributed by atoms with van der Waals surface area (Å²) >= 11 is 0. The third-order valence-corrected chi connectivity index (χ3v) is 1.77. The quantitative estimate of drug-likeness (QED) is 0.788. The molecule has 0 fully saturated rings. The van der Waals surface area contributed by atoms with Gasteiger partial charge in [0.15, 0.2) is 0 Å². The summed E-state index contributed by atoms with van der Waals surface area (Å²) < 4.78 is 0. The molecule has 0 spiro atoms. The Kier molecular flexibility index (Phi) is 2.66. The number of hydrogen-bond acceptors (Lipinski definition) is 4. The predicted octanol–water partition coefficient (Wildman–Crippen LogP) is 1.48. The van der Waals surface area contributed by atoms with Gasteiger partial charge in [0.2, 0.25) is 0 Å². The molecule has 2 rings (SSSR count). The largest absolute Gasteiger partial charge is 0.380 e. The lowest BCUT2D eigenvalue weighted by atomic mass is 10.3. The van der Waals surface area contributed by atoms with E-state index in [0.29, 0.717) is 6.54 Å². The zero-order valence-electron chi connectivity index (χ0n) is 7.59. The van der Waals surface area contributed by atoms with Crippen LogP contribution in [0.5, 0.6) is 0 Å². The van der Waals surface area contributed by atoms with Crippen molar-refractivity contribution in [1.29, 1.82) is 0 Å². The Morgan fingerprint density at radius 3 is 2.64 bits per heavy atom. The molecule has 0 aromatic carbocycles. The topological polar surface area (TPSA) is 50.7 Å². The van der Waals surface area contributed by atoms with Gasteiger partial charge < -0.3 is 5.32 Å². The summed E-state index contributed by atoms with van der Waals surface area (Å²) in [7, 11) is 0. The Bertz CT molecular complexity index is 334. The van der Waals surface area contributed by atoms with Crippen LogP contribution in [0, 0.1) is 0 Å². The molecule has 0 saturated heterocycles. The second-order valence-electron chi connectivity index (χ2n) is 2.84. The summed E-state index contributed by atoms with van der Waals surface area (Å²) in [6, 6.07) is 3.86. The molecule has 0 aliphatic carbocycles. The van der Waals surface area contributed by atoms with Crippen molar-refractivity contribution in [2.24, 2.45) is 0 Å². The first-order chi connectivity index (χ1) is 6.95. The van der Waals surface area contributed by atoms with Crippen molar-refractivity contribution in [3.8, 4) is 0 Å². The van der Waals surface area contributed by atoms with E-state index in [1.54, 1.807) is 24.8 Å². The number of rotatable bonds is 3. The van der Waals surface area contributed by atoms with Gasteiger partial charge in [-0.15, -0.1) is 0 Å². The van der Waals surface area contributed by atoms with E-state index >= 15 is 0 Å². The van der Waals surface area contributed by atoms with E-state index in [1.807, 2.05) is 12.1 Å². The standard InChI is InChI=1S/C10H10N4/c1-2-10(7-11-3-1)14-6-9-4-12-8-13-5-9/h1-5,7-8,14H,6H2. The molecule has 0 atom stereocenters. The number of anilines is 1. The van der Waals surface area contributed by atoms with Gasteiger partial charge in [-0.3, -0.25) is 4.98 Å². The molecule has 0 bridgehead atoms. The minimum atomic E-state index is 0.715. The van der Waals surface area contributed by atoms with Crippen molar-refractivity contribution < 1.29 is 0 Å². The zero-order chi connectivity index (χ0) is 9.64. The maximum absolute atomic E-state index is 4.00. The summed E-state index contributed by atoms with van der Waals surface area (Å²) in [4.78, 5) is 11.9. The average Bonchev–Trinajstić information content (AvgIpc) is 2.29. The Morgan fingerprint density at radius 1 is 1.07 bits per heavy atom. The second kappa shape index (κ2) is 4.32. The number of nitrogens with one attached hydrogen (secondary N) is 1. The summed E-state index contributed by atoms with van der Waals surface area (Å²) in [6.07, 6.45) is 8.63. The Labute approximate surface area is 82.1 Å². The van der Waals surface area contributed by atoms with Crippen molar-refractivity contribution in [1.82, 2.24) is 15.0 Å². The van der Waals surface area contributed by atoms with Crippen molar-refractivity contribution in [2.45, 2.75) is 6.54 Å².